The first-order valence-electron chi connectivity index (χ1n) is 11.8. The normalized spacial score (nSPS) is 35.1. The molecule has 4 aliphatic rings. The number of hydrogen-bond acceptors (Lipinski definition) is 4. The molecule has 1 N–H and O–H groups in total. The van der Waals surface area contributed by atoms with Crippen molar-refractivity contribution in [1.82, 2.24) is 0 Å². The summed E-state index contributed by atoms with van der Waals surface area (Å²) in [6.07, 6.45) is 6.58. The standard InChI is InChI=1S/C28H32O4.H2S/c1-4-14-28(30)15-13-24-23-11-7-19-16-20(29)8-12-22(19)25(23)26(32-17-27(24,28)2)18-5-9-21(31-3)10-6-18;/h5-6,9-10,16,23-24,26,30H,7-8,11-13,15,17H2,1-3H3;1H2/t23?,24?,26?,27-,28-;/m0./s1. The van der Waals surface area contributed by atoms with Crippen molar-refractivity contribution in [2.75, 3.05) is 13.7 Å². The summed E-state index contributed by atoms with van der Waals surface area (Å²) in [5.41, 5.74) is 3.49. The van der Waals surface area contributed by atoms with Gasteiger partial charge >= 0.3 is 0 Å². The van der Waals surface area contributed by atoms with E-state index in [0.717, 1.165) is 37.0 Å². The molecule has 0 spiro atoms. The lowest BCUT2D eigenvalue weighted by molar-refractivity contribution is -0.114. The molecule has 1 saturated heterocycles. The van der Waals surface area contributed by atoms with Crippen LogP contribution < -0.4 is 4.74 Å². The van der Waals surface area contributed by atoms with E-state index < -0.39 is 11.0 Å². The molecule has 5 heteroatoms. The Labute approximate surface area is 203 Å². The van der Waals surface area contributed by atoms with Crippen LogP contribution in [0, 0.1) is 29.1 Å². The fourth-order valence-electron chi connectivity index (χ4n) is 6.74. The zero-order valence-corrected chi connectivity index (χ0v) is 20.7. The minimum Gasteiger partial charge on any atom is -0.497 e. The SMILES string of the molecule is CC#C[C@]1(O)CCC2C3CCC4=CC(=O)CCC4=C3C(c3ccc(OC)cc3)OC[C@@]21C.S. The lowest BCUT2D eigenvalue weighted by Gasteiger charge is -2.42. The average Bonchev–Trinajstić information content (AvgIpc) is 2.96. The summed E-state index contributed by atoms with van der Waals surface area (Å²) in [6, 6.07) is 8.13. The number of rotatable bonds is 2. The molecule has 5 atom stereocenters. The number of ether oxygens (including phenoxy) is 2. The van der Waals surface area contributed by atoms with E-state index in [1.54, 1.807) is 14.0 Å². The predicted molar refractivity (Wildman–Crippen MR) is 133 cm³/mol. The van der Waals surface area contributed by atoms with Crippen molar-refractivity contribution in [3.8, 4) is 17.6 Å². The molecule has 1 saturated carbocycles. The first-order valence-corrected chi connectivity index (χ1v) is 11.8. The number of methoxy groups -OCH3 is 1. The van der Waals surface area contributed by atoms with Gasteiger partial charge in [0.15, 0.2) is 5.78 Å². The highest BCUT2D eigenvalue weighted by atomic mass is 32.1. The first kappa shape index (κ1) is 24.1. The van der Waals surface area contributed by atoms with Gasteiger partial charge in [0.1, 0.15) is 17.5 Å². The van der Waals surface area contributed by atoms with Crippen molar-refractivity contribution < 1.29 is 19.4 Å². The molecule has 0 aromatic heterocycles. The maximum Gasteiger partial charge on any atom is 0.156 e. The third-order valence-electron chi connectivity index (χ3n) is 8.47. The van der Waals surface area contributed by atoms with E-state index in [1.165, 1.54) is 16.7 Å². The summed E-state index contributed by atoms with van der Waals surface area (Å²) in [5.74, 6) is 7.81. The quantitative estimate of drug-likeness (QED) is 0.620. The molecule has 1 aromatic rings. The largest absolute Gasteiger partial charge is 0.497 e. The molecule has 3 aliphatic carbocycles. The van der Waals surface area contributed by atoms with Gasteiger partial charge < -0.3 is 14.6 Å². The van der Waals surface area contributed by atoms with Gasteiger partial charge in [0.25, 0.3) is 0 Å². The molecule has 3 unspecified atom stereocenters. The minimum atomic E-state index is -1.03. The maximum absolute atomic E-state index is 12.2. The van der Waals surface area contributed by atoms with Crippen LogP contribution >= 0.6 is 13.5 Å². The monoisotopic (exact) mass is 466 g/mol. The van der Waals surface area contributed by atoms with Crippen LogP contribution in [0.25, 0.3) is 0 Å². The zero-order chi connectivity index (χ0) is 22.5. The van der Waals surface area contributed by atoms with Gasteiger partial charge in [-0.3, -0.25) is 4.79 Å². The van der Waals surface area contributed by atoms with Crippen LogP contribution in [0.5, 0.6) is 5.75 Å². The maximum atomic E-state index is 12.2. The van der Waals surface area contributed by atoms with Crippen molar-refractivity contribution in [3.63, 3.8) is 0 Å². The van der Waals surface area contributed by atoms with Crippen LogP contribution in [0.3, 0.4) is 0 Å². The van der Waals surface area contributed by atoms with E-state index in [1.807, 2.05) is 18.2 Å². The van der Waals surface area contributed by atoms with Crippen molar-refractivity contribution in [1.29, 1.82) is 0 Å². The molecule has 176 valence electrons. The minimum absolute atomic E-state index is 0. The number of carbonyl (C=O) groups excluding carboxylic acids is 1. The van der Waals surface area contributed by atoms with E-state index in [4.69, 9.17) is 9.47 Å². The number of hydrogen-bond donors (Lipinski definition) is 1. The van der Waals surface area contributed by atoms with Gasteiger partial charge in [-0.2, -0.15) is 13.5 Å². The topological polar surface area (TPSA) is 55.8 Å². The number of ketones is 1. The Hall–Kier alpha value is -2.00. The Bertz CT molecular complexity index is 1060. The van der Waals surface area contributed by atoms with E-state index in [9.17, 15) is 9.90 Å². The summed E-state index contributed by atoms with van der Waals surface area (Å²) < 4.78 is 12.1. The number of carbonyl (C=O) groups is 1. The second-order valence-corrected chi connectivity index (χ2v) is 9.98. The Balaban J connectivity index is 0.00000259. The van der Waals surface area contributed by atoms with Crippen LogP contribution in [0.2, 0.25) is 0 Å². The summed E-state index contributed by atoms with van der Waals surface area (Å²) in [7, 11) is 1.67. The van der Waals surface area contributed by atoms with Crippen LogP contribution in [0.4, 0.5) is 0 Å². The van der Waals surface area contributed by atoms with Crippen LogP contribution in [0.15, 0.2) is 47.1 Å². The van der Waals surface area contributed by atoms with Crippen molar-refractivity contribution >= 4 is 19.3 Å². The van der Waals surface area contributed by atoms with Gasteiger partial charge in [-0.25, -0.2) is 0 Å². The highest BCUT2D eigenvalue weighted by Gasteiger charge is 2.61. The second kappa shape index (κ2) is 8.98. The lowest BCUT2D eigenvalue weighted by Crippen LogP contribution is -2.48. The highest BCUT2D eigenvalue weighted by Crippen LogP contribution is 2.61. The molecule has 0 bridgehead atoms. The Morgan fingerprint density at radius 2 is 1.91 bits per heavy atom. The van der Waals surface area contributed by atoms with Gasteiger partial charge in [-0.05, 0) is 91.4 Å². The molecule has 33 heavy (non-hydrogen) atoms. The number of allylic oxidation sites excluding steroid dienone is 3. The molecular weight excluding hydrogens is 432 g/mol. The van der Waals surface area contributed by atoms with Crippen LogP contribution in [-0.2, 0) is 9.53 Å². The molecule has 0 amide bonds. The Morgan fingerprint density at radius 3 is 2.61 bits per heavy atom. The number of fused-ring (bicyclic) bond motifs is 4. The van der Waals surface area contributed by atoms with Crippen LogP contribution in [0.1, 0.15) is 64.0 Å². The van der Waals surface area contributed by atoms with Gasteiger partial charge in [0.2, 0.25) is 0 Å². The third kappa shape index (κ3) is 3.77. The molecule has 1 heterocycles. The van der Waals surface area contributed by atoms with Gasteiger partial charge in [-0.1, -0.05) is 25.0 Å². The Kier molecular flexibility index (Phi) is 6.57. The van der Waals surface area contributed by atoms with Crippen molar-refractivity contribution in [3.05, 3.63) is 52.6 Å². The number of aliphatic hydroxyl groups is 1. The molecule has 1 aromatic carbocycles. The van der Waals surface area contributed by atoms with E-state index >= 15 is 0 Å². The molecular formula is C28H34O4S. The van der Waals surface area contributed by atoms with E-state index in [0.29, 0.717) is 31.3 Å². The highest BCUT2D eigenvalue weighted by molar-refractivity contribution is 7.59. The molecule has 5 rings (SSSR count). The Morgan fingerprint density at radius 1 is 1.15 bits per heavy atom. The van der Waals surface area contributed by atoms with Gasteiger partial charge in [0, 0.05) is 11.8 Å². The number of benzene rings is 1. The van der Waals surface area contributed by atoms with E-state index in [2.05, 4.69) is 30.9 Å². The van der Waals surface area contributed by atoms with Crippen LogP contribution in [-0.4, -0.2) is 30.2 Å². The fraction of sp³-hybridized carbons (Fsp3) is 0.536. The summed E-state index contributed by atoms with van der Waals surface area (Å²) in [4.78, 5) is 12.2. The second-order valence-electron chi connectivity index (χ2n) is 9.98. The average molecular weight is 467 g/mol. The lowest BCUT2D eigenvalue weighted by atomic mass is 9.61. The van der Waals surface area contributed by atoms with Crippen molar-refractivity contribution in [2.45, 2.75) is 64.1 Å². The van der Waals surface area contributed by atoms with E-state index in [-0.39, 0.29) is 25.4 Å². The summed E-state index contributed by atoms with van der Waals surface area (Å²) >= 11 is 0. The molecule has 1 aliphatic heterocycles. The van der Waals surface area contributed by atoms with Gasteiger partial charge in [-0.15, -0.1) is 5.92 Å². The van der Waals surface area contributed by atoms with Crippen molar-refractivity contribution in [2.24, 2.45) is 17.3 Å². The first-order chi connectivity index (χ1) is 15.4. The fourth-order valence-corrected chi connectivity index (χ4v) is 6.74. The predicted octanol–water partition coefficient (Wildman–Crippen LogP) is 5.05. The van der Waals surface area contributed by atoms with Gasteiger partial charge in [0.05, 0.1) is 13.7 Å². The molecule has 4 nitrogen and oxygen atoms in total. The molecule has 0 radical (unpaired) electrons. The molecule has 2 fully saturated rings. The smallest absolute Gasteiger partial charge is 0.156 e. The summed E-state index contributed by atoms with van der Waals surface area (Å²) in [5, 5.41) is 11.6. The summed E-state index contributed by atoms with van der Waals surface area (Å²) in [6.45, 7) is 4.44. The third-order valence-corrected chi connectivity index (χ3v) is 8.47. The zero-order valence-electron chi connectivity index (χ0n) is 19.7.